The van der Waals surface area contributed by atoms with Crippen LogP contribution in [0.2, 0.25) is 0 Å². The monoisotopic (exact) mass is 396 g/mol. The Morgan fingerprint density at radius 3 is 2.44 bits per heavy atom. The zero-order valence-corrected chi connectivity index (χ0v) is 17.4. The van der Waals surface area contributed by atoms with Crippen LogP contribution in [0.15, 0.2) is 29.2 Å². The molecule has 7 heteroatoms. The van der Waals surface area contributed by atoms with E-state index < -0.39 is 10.0 Å². The molecule has 0 radical (unpaired) electrons. The Hall–Kier alpha value is -1.44. The molecule has 27 heavy (non-hydrogen) atoms. The third kappa shape index (κ3) is 6.59. The number of carbonyl (C=O) groups is 1. The summed E-state index contributed by atoms with van der Waals surface area (Å²) in [4.78, 5) is 12.4. The summed E-state index contributed by atoms with van der Waals surface area (Å²) in [6, 6.07) is 6.19. The first-order valence-corrected chi connectivity index (χ1v) is 11.2. The van der Waals surface area contributed by atoms with E-state index in [1.165, 1.54) is 12.1 Å². The van der Waals surface area contributed by atoms with Crippen LogP contribution < -0.4 is 5.32 Å². The summed E-state index contributed by atoms with van der Waals surface area (Å²) in [5.74, 6) is 0.871. The molecule has 1 heterocycles. The maximum absolute atomic E-state index is 12.7. The first-order valence-electron chi connectivity index (χ1n) is 9.77. The Kier molecular flexibility index (Phi) is 8.26. The highest BCUT2D eigenvalue weighted by atomic mass is 32.2. The van der Waals surface area contributed by atoms with E-state index in [1.54, 1.807) is 16.4 Å². The molecule has 1 fully saturated rings. The van der Waals surface area contributed by atoms with Gasteiger partial charge in [-0.05, 0) is 55.4 Å². The van der Waals surface area contributed by atoms with Gasteiger partial charge < -0.3 is 10.1 Å². The van der Waals surface area contributed by atoms with Gasteiger partial charge in [-0.15, -0.1) is 0 Å². The quantitative estimate of drug-likeness (QED) is 0.651. The molecule has 0 unspecified atom stereocenters. The Labute approximate surface area is 163 Å². The average molecular weight is 397 g/mol. The van der Waals surface area contributed by atoms with Crippen LogP contribution in [0.5, 0.6) is 0 Å². The van der Waals surface area contributed by atoms with Gasteiger partial charge in [-0.1, -0.05) is 20.8 Å². The Morgan fingerprint density at radius 2 is 1.85 bits per heavy atom. The van der Waals surface area contributed by atoms with Crippen LogP contribution in [-0.4, -0.2) is 51.5 Å². The summed E-state index contributed by atoms with van der Waals surface area (Å²) < 4.78 is 32.4. The zero-order valence-electron chi connectivity index (χ0n) is 16.6. The van der Waals surface area contributed by atoms with Crippen molar-refractivity contribution in [3.63, 3.8) is 0 Å². The number of hydrogen-bond acceptors (Lipinski definition) is 4. The lowest BCUT2D eigenvalue weighted by molar-refractivity contribution is 0.0925. The molecule has 2 rings (SSSR count). The molecule has 0 bridgehead atoms. The van der Waals surface area contributed by atoms with Crippen LogP contribution >= 0.6 is 0 Å². The number of nitrogens with zero attached hydrogens (tertiary/aromatic N) is 1. The lowest BCUT2D eigenvalue weighted by Crippen LogP contribution is -2.37. The largest absolute Gasteiger partial charge is 0.381 e. The van der Waals surface area contributed by atoms with E-state index in [-0.39, 0.29) is 10.8 Å². The van der Waals surface area contributed by atoms with Gasteiger partial charge in [-0.25, -0.2) is 8.42 Å². The van der Waals surface area contributed by atoms with Crippen LogP contribution in [0.3, 0.4) is 0 Å². The standard InChI is InChI=1S/C20H32N2O4S/c1-16(2)15-26-14-4-11-21-20(23)18-5-7-19(8-6-18)27(24,25)22-12-9-17(3)10-13-22/h5-8,16-17H,4,9-15H2,1-3H3,(H,21,23). The molecule has 1 saturated heterocycles. The van der Waals surface area contributed by atoms with Gasteiger partial charge in [0.15, 0.2) is 0 Å². The van der Waals surface area contributed by atoms with Gasteiger partial charge in [0.2, 0.25) is 10.0 Å². The highest BCUT2D eigenvalue weighted by Crippen LogP contribution is 2.23. The fraction of sp³-hybridized carbons (Fsp3) is 0.650. The number of nitrogens with one attached hydrogen (secondary N) is 1. The predicted octanol–water partition coefficient (Wildman–Crippen LogP) is 2.90. The van der Waals surface area contributed by atoms with Crippen molar-refractivity contribution in [2.24, 2.45) is 11.8 Å². The van der Waals surface area contributed by atoms with E-state index >= 15 is 0 Å². The number of piperidine rings is 1. The average Bonchev–Trinajstić information content (AvgIpc) is 2.64. The SMILES string of the molecule is CC(C)COCCCNC(=O)c1ccc(S(=O)(=O)N2CCC(C)CC2)cc1. The van der Waals surface area contributed by atoms with E-state index in [0.717, 1.165) is 25.9 Å². The third-order valence-electron chi connectivity index (χ3n) is 4.70. The van der Waals surface area contributed by atoms with Crippen molar-refractivity contribution >= 4 is 15.9 Å². The number of benzene rings is 1. The molecule has 152 valence electrons. The molecule has 1 aromatic carbocycles. The normalized spacial score (nSPS) is 16.6. The molecule has 1 amide bonds. The fourth-order valence-corrected chi connectivity index (χ4v) is 4.42. The molecule has 0 saturated carbocycles. The highest BCUT2D eigenvalue weighted by Gasteiger charge is 2.28. The molecule has 0 aromatic heterocycles. The Bertz CT molecular complexity index is 693. The van der Waals surface area contributed by atoms with E-state index in [0.29, 0.717) is 43.6 Å². The topological polar surface area (TPSA) is 75.7 Å². The Morgan fingerprint density at radius 1 is 1.22 bits per heavy atom. The summed E-state index contributed by atoms with van der Waals surface area (Å²) in [7, 11) is -3.48. The lowest BCUT2D eigenvalue weighted by Gasteiger charge is -2.29. The molecule has 1 N–H and O–H groups in total. The fourth-order valence-electron chi connectivity index (χ4n) is 2.95. The van der Waals surface area contributed by atoms with Crippen molar-refractivity contribution < 1.29 is 17.9 Å². The van der Waals surface area contributed by atoms with Crippen LogP contribution in [0.1, 0.15) is 50.4 Å². The maximum atomic E-state index is 12.7. The lowest BCUT2D eigenvalue weighted by atomic mass is 10.0. The molecule has 1 aliphatic heterocycles. The van der Waals surface area contributed by atoms with Gasteiger partial charge in [0.1, 0.15) is 0 Å². The Balaban J connectivity index is 1.84. The summed E-state index contributed by atoms with van der Waals surface area (Å²) in [6.07, 6.45) is 2.53. The van der Waals surface area contributed by atoms with Crippen LogP contribution in [-0.2, 0) is 14.8 Å². The minimum atomic E-state index is -3.48. The molecule has 1 aromatic rings. The second kappa shape index (κ2) is 10.2. The maximum Gasteiger partial charge on any atom is 0.251 e. The van der Waals surface area contributed by atoms with E-state index in [4.69, 9.17) is 4.74 Å². The van der Waals surface area contributed by atoms with Gasteiger partial charge in [0.05, 0.1) is 4.90 Å². The minimum absolute atomic E-state index is 0.199. The van der Waals surface area contributed by atoms with Gasteiger partial charge >= 0.3 is 0 Å². The van der Waals surface area contributed by atoms with Crippen LogP contribution in [0, 0.1) is 11.8 Å². The first kappa shape index (κ1) is 21.9. The van der Waals surface area contributed by atoms with E-state index in [1.807, 2.05) is 0 Å². The summed E-state index contributed by atoms with van der Waals surface area (Å²) in [6.45, 7) is 9.32. The van der Waals surface area contributed by atoms with Crippen molar-refractivity contribution in [1.82, 2.24) is 9.62 Å². The van der Waals surface area contributed by atoms with Gasteiger partial charge in [-0.2, -0.15) is 4.31 Å². The molecule has 0 spiro atoms. The number of rotatable bonds is 9. The molecule has 0 atom stereocenters. The number of amides is 1. The number of carbonyl (C=O) groups excluding carboxylic acids is 1. The van der Waals surface area contributed by atoms with Gasteiger partial charge in [0, 0.05) is 38.4 Å². The summed E-state index contributed by atoms with van der Waals surface area (Å²) in [5.41, 5.74) is 0.462. The predicted molar refractivity (Wildman–Crippen MR) is 106 cm³/mol. The first-order chi connectivity index (χ1) is 12.8. The smallest absolute Gasteiger partial charge is 0.251 e. The second-order valence-electron chi connectivity index (χ2n) is 7.69. The van der Waals surface area contributed by atoms with Crippen molar-refractivity contribution in [2.45, 2.75) is 44.9 Å². The van der Waals surface area contributed by atoms with E-state index in [2.05, 4.69) is 26.1 Å². The highest BCUT2D eigenvalue weighted by molar-refractivity contribution is 7.89. The number of ether oxygens (including phenoxy) is 1. The number of hydrogen-bond donors (Lipinski definition) is 1. The third-order valence-corrected chi connectivity index (χ3v) is 6.61. The van der Waals surface area contributed by atoms with Gasteiger partial charge in [-0.3, -0.25) is 4.79 Å². The minimum Gasteiger partial charge on any atom is -0.381 e. The summed E-state index contributed by atoms with van der Waals surface area (Å²) in [5, 5.41) is 2.83. The molecular formula is C20H32N2O4S. The van der Waals surface area contributed by atoms with Crippen LogP contribution in [0.4, 0.5) is 0 Å². The second-order valence-corrected chi connectivity index (χ2v) is 9.63. The molecule has 6 nitrogen and oxygen atoms in total. The molecular weight excluding hydrogens is 364 g/mol. The summed E-state index contributed by atoms with van der Waals surface area (Å²) >= 11 is 0. The zero-order chi connectivity index (χ0) is 19.9. The van der Waals surface area contributed by atoms with E-state index in [9.17, 15) is 13.2 Å². The van der Waals surface area contributed by atoms with Crippen molar-refractivity contribution in [3.8, 4) is 0 Å². The van der Waals surface area contributed by atoms with Crippen molar-refractivity contribution in [1.29, 1.82) is 0 Å². The van der Waals surface area contributed by atoms with Crippen molar-refractivity contribution in [3.05, 3.63) is 29.8 Å². The molecule has 0 aliphatic carbocycles. The van der Waals surface area contributed by atoms with Crippen molar-refractivity contribution in [2.75, 3.05) is 32.8 Å². The number of sulfonamides is 1. The van der Waals surface area contributed by atoms with Crippen LogP contribution in [0.25, 0.3) is 0 Å². The van der Waals surface area contributed by atoms with Gasteiger partial charge in [0.25, 0.3) is 5.91 Å². The molecule has 1 aliphatic rings.